The van der Waals surface area contributed by atoms with Crippen LogP contribution in [0, 0.1) is 18.2 Å². The van der Waals surface area contributed by atoms with Gasteiger partial charge in [-0.1, -0.05) is 25.3 Å². The number of hydrogen-bond donors (Lipinski definition) is 0. The normalized spacial score (nSPS) is 29.0. The van der Waals surface area contributed by atoms with Crippen molar-refractivity contribution in [3.8, 4) is 5.75 Å². The van der Waals surface area contributed by atoms with Crippen molar-refractivity contribution in [2.24, 2.45) is 5.41 Å². The lowest BCUT2D eigenvalue weighted by molar-refractivity contribution is -0.0651. The first-order valence-electron chi connectivity index (χ1n) is 7.19. The fraction of sp³-hybridized carbons (Fsp3) is 0.625. The van der Waals surface area contributed by atoms with E-state index in [0.717, 1.165) is 19.3 Å². The lowest BCUT2D eigenvalue weighted by Crippen LogP contribution is -2.58. The van der Waals surface area contributed by atoms with Gasteiger partial charge in [0.2, 0.25) is 0 Å². The lowest BCUT2D eigenvalue weighted by Gasteiger charge is -2.55. The van der Waals surface area contributed by atoms with E-state index in [1.54, 1.807) is 13.0 Å². The molecule has 104 valence electrons. The van der Waals surface area contributed by atoms with Gasteiger partial charge in [0.15, 0.2) is 0 Å². The van der Waals surface area contributed by atoms with Crippen molar-refractivity contribution in [3.63, 3.8) is 0 Å². The van der Waals surface area contributed by atoms with E-state index in [-0.39, 0.29) is 22.7 Å². The summed E-state index contributed by atoms with van der Waals surface area (Å²) < 4.78 is 19.6. The van der Waals surface area contributed by atoms with Gasteiger partial charge in [-0.05, 0) is 31.4 Å². The van der Waals surface area contributed by atoms with Gasteiger partial charge in [-0.25, -0.2) is 4.39 Å². The van der Waals surface area contributed by atoms with E-state index in [1.807, 2.05) is 6.07 Å². The van der Waals surface area contributed by atoms with Gasteiger partial charge in [-0.2, -0.15) is 0 Å². The molecule has 0 bridgehead atoms. The number of aryl methyl sites for hydroxylation is 1. The highest BCUT2D eigenvalue weighted by Crippen LogP contribution is 2.55. The second-order valence-electron chi connectivity index (χ2n) is 6.01. The van der Waals surface area contributed by atoms with Crippen LogP contribution in [0.15, 0.2) is 18.2 Å². The minimum Gasteiger partial charge on any atom is -0.490 e. The molecule has 0 N–H and O–H groups in total. The lowest BCUT2D eigenvalue weighted by atomic mass is 9.58. The third kappa shape index (κ3) is 2.24. The standard InChI is InChI=1S/C16H20ClFO/c1-11-5-6-12(9-13(11)18)19-15-10-14(17)16(15)7-3-2-4-8-16/h5-6,9,14-15H,2-4,7-8,10H2,1H3. The number of ether oxygens (including phenoxy) is 1. The van der Waals surface area contributed by atoms with Gasteiger partial charge in [0.25, 0.3) is 0 Å². The molecule has 1 aromatic rings. The maximum atomic E-state index is 13.6. The first-order chi connectivity index (χ1) is 9.12. The Morgan fingerprint density at radius 1 is 1.26 bits per heavy atom. The number of alkyl halides is 1. The highest BCUT2D eigenvalue weighted by molar-refractivity contribution is 6.21. The van der Waals surface area contributed by atoms with Crippen LogP contribution in [0.1, 0.15) is 44.1 Å². The zero-order valence-corrected chi connectivity index (χ0v) is 12.0. The molecule has 2 aliphatic rings. The Hall–Kier alpha value is -0.760. The molecule has 2 saturated carbocycles. The number of rotatable bonds is 2. The smallest absolute Gasteiger partial charge is 0.129 e. The van der Waals surface area contributed by atoms with E-state index in [4.69, 9.17) is 16.3 Å². The summed E-state index contributed by atoms with van der Waals surface area (Å²) in [5.41, 5.74) is 0.796. The molecule has 0 radical (unpaired) electrons. The third-order valence-corrected chi connectivity index (χ3v) is 5.50. The summed E-state index contributed by atoms with van der Waals surface area (Å²) in [7, 11) is 0. The van der Waals surface area contributed by atoms with Crippen molar-refractivity contribution in [1.29, 1.82) is 0 Å². The van der Waals surface area contributed by atoms with Gasteiger partial charge in [-0.15, -0.1) is 11.6 Å². The van der Waals surface area contributed by atoms with Crippen LogP contribution >= 0.6 is 11.6 Å². The molecule has 0 aliphatic heterocycles. The summed E-state index contributed by atoms with van der Waals surface area (Å²) in [6.07, 6.45) is 7.14. The van der Waals surface area contributed by atoms with Gasteiger partial charge in [0.1, 0.15) is 17.7 Å². The summed E-state index contributed by atoms with van der Waals surface area (Å²) in [5.74, 6) is 0.443. The van der Waals surface area contributed by atoms with Crippen molar-refractivity contribution < 1.29 is 9.13 Å². The van der Waals surface area contributed by atoms with Crippen molar-refractivity contribution >= 4 is 11.6 Å². The molecule has 1 aromatic carbocycles. The van der Waals surface area contributed by atoms with Gasteiger partial charge in [0.05, 0.1) is 0 Å². The molecule has 1 spiro atoms. The van der Waals surface area contributed by atoms with Crippen LogP contribution in [0.5, 0.6) is 5.75 Å². The Balaban J connectivity index is 1.74. The van der Waals surface area contributed by atoms with Crippen molar-refractivity contribution in [2.45, 2.75) is 56.9 Å². The van der Waals surface area contributed by atoms with E-state index >= 15 is 0 Å². The second kappa shape index (κ2) is 4.97. The molecule has 0 saturated heterocycles. The Kier molecular flexibility index (Phi) is 3.46. The van der Waals surface area contributed by atoms with Crippen molar-refractivity contribution in [1.82, 2.24) is 0 Å². The van der Waals surface area contributed by atoms with Gasteiger partial charge in [0, 0.05) is 23.3 Å². The topological polar surface area (TPSA) is 9.23 Å². The molecule has 0 aromatic heterocycles. The zero-order valence-electron chi connectivity index (χ0n) is 11.3. The molecule has 3 heteroatoms. The Morgan fingerprint density at radius 3 is 2.63 bits per heavy atom. The fourth-order valence-electron chi connectivity index (χ4n) is 3.52. The van der Waals surface area contributed by atoms with Gasteiger partial charge in [-0.3, -0.25) is 0 Å². The first-order valence-corrected chi connectivity index (χ1v) is 7.62. The molecule has 2 fully saturated rings. The highest BCUT2D eigenvalue weighted by Gasteiger charge is 2.55. The van der Waals surface area contributed by atoms with Crippen LogP contribution in [0.25, 0.3) is 0 Å². The van der Waals surface area contributed by atoms with E-state index in [2.05, 4.69) is 0 Å². The van der Waals surface area contributed by atoms with Crippen LogP contribution in [0.2, 0.25) is 0 Å². The molecule has 2 aliphatic carbocycles. The quantitative estimate of drug-likeness (QED) is 0.705. The minimum absolute atomic E-state index is 0.140. The van der Waals surface area contributed by atoms with E-state index in [9.17, 15) is 4.39 Å². The Bertz CT molecular complexity index is 468. The largest absolute Gasteiger partial charge is 0.490 e. The minimum atomic E-state index is -0.197. The molecule has 19 heavy (non-hydrogen) atoms. The molecule has 2 unspecified atom stereocenters. The predicted octanol–water partition coefficient (Wildman–Crippen LogP) is 4.84. The summed E-state index contributed by atoms with van der Waals surface area (Å²) in [4.78, 5) is 0. The molecule has 3 rings (SSSR count). The maximum Gasteiger partial charge on any atom is 0.129 e. The summed E-state index contributed by atoms with van der Waals surface area (Å²) in [6, 6.07) is 5.12. The maximum absolute atomic E-state index is 13.6. The van der Waals surface area contributed by atoms with Crippen LogP contribution < -0.4 is 4.74 Å². The summed E-state index contributed by atoms with van der Waals surface area (Å²) in [5, 5.41) is 0.230. The number of hydrogen-bond acceptors (Lipinski definition) is 1. The Labute approximate surface area is 119 Å². The molecule has 0 heterocycles. The monoisotopic (exact) mass is 282 g/mol. The molecule has 0 amide bonds. The molecular formula is C16H20ClFO. The van der Waals surface area contributed by atoms with Crippen molar-refractivity contribution in [2.75, 3.05) is 0 Å². The highest BCUT2D eigenvalue weighted by atomic mass is 35.5. The third-order valence-electron chi connectivity index (χ3n) is 4.89. The number of benzene rings is 1. The van der Waals surface area contributed by atoms with Gasteiger partial charge < -0.3 is 4.74 Å². The predicted molar refractivity (Wildman–Crippen MR) is 75.3 cm³/mol. The van der Waals surface area contributed by atoms with Crippen LogP contribution in [-0.2, 0) is 0 Å². The SMILES string of the molecule is Cc1ccc(OC2CC(Cl)C23CCCCC3)cc1F. The first kappa shape index (κ1) is 13.2. The molecule has 2 atom stereocenters. The van der Waals surface area contributed by atoms with Crippen molar-refractivity contribution in [3.05, 3.63) is 29.6 Å². The Morgan fingerprint density at radius 2 is 2.00 bits per heavy atom. The average Bonchev–Trinajstić information content (AvgIpc) is 2.43. The number of halogens is 2. The zero-order chi connectivity index (χ0) is 13.5. The fourth-order valence-corrected chi connectivity index (χ4v) is 4.04. The molecular weight excluding hydrogens is 263 g/mol. The van der Waals surface area contributed by atoms with E-state index in [1.165, 1.54) is 25.3 Å². The summed E-state index contributed by atoms with van der Waals surface area (Å²) in [6.45, 7) is 1.76. The summed E-state index contributed by atoms with van der Waals surface area (Å²) >= 11 is 6.45. The second-order valence-corrected chi connectivity index (χ2v) is 6.54. The van der Waals surface area contributed by atoms with E-state index in [0.29, 0.717) is 11.3 Å². The van der Waals surface area contributed by atoms with Crippen LogP contribution in [-0.4, -0.2) is 11.5 Å². The average molecular weight is 283 g/mol. The van der Waals surface area contributed by atoms with Crippen LogP contribution in [0.4, 0.5) is 4.39 Å². The molecule has 1 nitrogen and oxygen atoms in total. The van der Waals surface area contributed by atoms with Gasteiger partial charge >= 0.3 is 0 Å². The van der Waals surface area contributed by atoms with E-state index < -0.39 is 0 Å². The van der Waals surface area contributed by atoms with Crippen LogP contribution in [0.3, 0.4) is 0 Å².